The fourth-order valence-electron chi connectivity index (χ4n) is 2.21. The highest BCUT2D eigenvalue weighted by Crippen LogP contribution is 2.25. The van der Waals surface area contributed by atoms with E-state index in [2.05, 4.69) is 20.8 Å². The van der Waals surface area contributed by atoms with E-state index in [9.17, 15) is 9.59 Å². The number of nitrogens with zero attached hydrogens (tertiary/aromatic N) is 2. The topological polar surface area (TPSA) is 93.2 Å². The van der Waals surface area contributed by atoms with Gasteiger partial charge in [-0.3, -0.25) is 14.9 Å². The molecular weight excluding hydrogens is 396 g/mol. The maximum Gasteiger partial charge on any atom is 0.257 e. The zero-order valence-electron chi connectivity index (χ0n) is 15.0. The van der Waals surface area contributed by atoms with Crippen LogP contribution in [0.3, 0.4) is 0 Å². The largest absolute Gasteiger partial charge is 0.497 e. The van der Waals surface area contributed by atoms with Crippen LogP contribution in [0.2, 0.25) is 0 Å². The van der Waals surface area contributed by atoms with Crippen molar-refractivity contribution in [1.82, 2.24) is 15.5 Å². The summed E-state index contributed by atoms with van der Waals surface area (Å²) in [5.74, 6) is 0.536. The van der Waals surface area contributed by atoms with Crippen LogP contribution >= 0.6 is 23.1 Å². The van der Waals surface area contributed by atoms with E-state index in [1.54, 1.807) is 31.4 Å². The third kappa shape index (κ3) is 5.80. The number of nitrogens with one attached hydrogen (secondary N) is 2. The monoisotopic (exact) mass is 414 g/mol. The van der Waals surface area contributed by atoms with Crippen molar-refractivity contribution in [3.8, 4) is 5.75 Å². The molecule has 0 unspecified atom stereocenters. The predicted molar refractivity (Wildman–Crippen MR) is 110 cm³/mol. The zero-order chi connectivity index (χ0) is 19.8. The van der Waals surface area contributed by atoms with Crippen molar-refractivity contribution in [2.45, 2.75) is 10.9 Å². The Kier molecular flexibility index (Phi) is 6.99. The van der Waals surface area contributed by atoms with E-state index in [0.29, 0.717) is 27.3 Å². The van der Waals surface area contributed by atoms with Crippen LogP contribution in [0.25, 0.3) is 0 Å². The van der Waals surface area contributed by atoms with Crippen LogP contribution in [0.5, 0.6) is 5.75 Å². The lowest BCUT2D eigenvalue weighted by Crippen LogP contribution is -2.24. The summed E-state index contributed by atoms with van der Waals surface area (Å²) in [6.45, 7) is 0.486. The van der Waals surface area contributed by atoms with Crippen LogP contribution in [0, 0.1) is 0 Å². The number of amides is 2. The molecule has 0 aliphatic rings. The fraction of sp³-hybridized carbons (Fsp3) is 0.158. The number of thioether (sulfide) groups is 1. The lowest BCUT2D eigenvalue weighted by Gasteiger charge is -2.04. The summed E-state index contributed by atoms with van der Waals surface area (Å²) in [5, 5.41) is 13.9. The zero-order valence-corrected chi connectivity index (χ0v) is 16.7. The maximum absolute atomic E-state index is 12.2. The minimum absolute atomic E-state index is 0.0899. The Morgan fingerprint density at radius 3 is 2.54 bits per heavy atom. The first-order chi connectivity index (χ1) is 13.6. The summed E-state index contributed by atoms with van der Waals surface area (Å²) in [7, 11) is 1.57. The Bertz CT molecular complexity index is 930. The molecule has 0 saturated carbocycles. The Morgan fingerprint density at radius 2 is 1.82 bits per heavy atom. The Morgan fingerprint density at radius 1 is 1.07 bits per heavy atom. The van der Waals surface area contributed by atoms with Gasteiger partial charge < -0.3 is 10.1 Å². The highest BCUT2D eigenvalue weighted by molar-refractivity contribution is 8.01. The molecule has 2 N–H and O–H groups in total. The average molecular weight is 415 g/mol. The number of aromatic nitrogens is 2. The molecule has 0 fully saturated rings. The van der Waals surface area contributed by atoms with E-state index in [1.165, 1.54) is 23.1 Å². The molecule has 7 nitrogen and oxygen atoms in total. The standard InChI is InChI=1S/C19H18N4O3S2/c1-26-15-9-7-14(8-10-15)17(25)21-18-22-23-19(28-18)27-12-16(24)20-11-13-5-3-2-4-6-13/h2-10H,11-12H2,1H3,(H,20,24)(H,21,22,25). The summed E-state index contributed by atoms with van der Waals surface area (Å²) in [6.07, 6.45) is 0. The molecule has 0 saturated heterocycles. The van der Waals surface area contributed by atoms with Gasteiger partial charge in [0.1, 0.15) is 5.75 Å². The summed E-state index contributed by atoms with van der Waals surface area (Å²) < 4.78 is 5.68. The second kappa shape index (κ2) is 9.86. The first kappa shape index (κ1) is 19.8. The van der Waals surface area contributed by atoms with E-state index in [4.69, 9.17) is 4.74 Å². The molecule has 0 aliphatic carbocycles. The number of hydrogen-bond acceptors (Lipinski definition) is 7. The van der Waals surface area contributed by atoms with Crippen LogP contribution in [0.1, 0.15) is 15.9 Å². The lowest BCUT2D eigenvalue weighted by molar-refractivity contribution is -0.118. The van der Waals surface area contributed by atoms with Crippen LogP contribution in [-0.4, -0.2) is 34.9 Å². The van der Waals surface area contributed by atoms with Gasteiger partial charge in [0, 0.05) is 12.1 Å². The molecule has 3 aromatic rings. The van der Waals surface area contributed by atoms with Gasteiger partial charge in [-0.25, -0.2) is 0 Å². The van der Waals surface area contributed by atoms with Gasteiger partial charge in [-0.2, -0.15) is 0 Å². The molecule has 144 valence electrons. The van der Waals surface area contributed by atoms with Gasteiger partial charge in [-0.1, -0.05) is 53.4 Å². The molecule has 3 rings (SSSR count). The van der Waals surface area contributed by atoms with E-state index in [-0.39, 0.29) is 17.6 Å². The molecule has 0 atom stereocenters. The van der Waals surface area contributed by atoms with Crippen LogP contribution in [0.15, 0.2) is 58.9 Å². The summed E-state index contributed by atoms with van der Waals surface area (Å²) in [4.78, 5) is 24.2. The van der Waals surface area contributed by atoms with Crippen molar-refractivity contribution < 1.29 is 14.3 Å². The Hall–Kier alpha value is -2.91. The molecule has 0 radical (unpaired) electrons. The number of benzene rings is 2. The van der Waals surface area contributed by atoms with E-state index < -0.39 is 0 Å². The summed E-state index contributed by atoms with van der Waals surface area (Å²) in [6, 6.07) is 16.5. The van der Waals surface area contributed by atoms with Crippen molar-refractivity contribution in [1.29, 1.82) is 0 Å². The van der Waals surface area contributed by atoms with Crippen LogP contribution in [0.4, 0.5) is 5.13 Å². The molecule has 2 amide bonds. The first-order valence-corrected chi connectivity index (χ1v) is 10.2. The molecule has 0 aliphatic heterocycles. The van der Waals surface area contributed by atoms with Gasteiger partial charge in [-0.15, -0.1) is 10.2 Å². The second-order valence-corrected chi connectivity index (χ2v) is 7.81. The number of rotatable bonds is 8. The molecule has 1 heterocycles. The fourth-order valence-corrected chi connectivity index (χ4v) is 3.78. The van der Waals surface area contributed by atoms with Crippen molar-refractivity contribution in [2.75, 3.05) is 18.2 Å². The van der Waals surface area contributed by atoms with Crippen molar-refractivity contribution in [3.05, 3.63) is 65.7 Å². The van der Waals surface area contributed by atoms with E-state index >= 15 is 0 Å². The van der Waals surface area contributed by atoms with Crippen LogP contribution in [-0.2, 0) is 11.3 Å². The van der Waals surface area contributed by atoms with Gasteiger partial charge in [-0.05, 0) is 29.8 Å². The molecule has 2 aromatic carbocycles. The Balaban J connectivity index is 1.45. The highest BCUT2D eigenvalue weighted by Gasteiger charge is 2.12. The summed E-state index contributed by atoms with van der Waals surface area (Å²) in [5.41, 5.74) is 1.53. The molecular formula is C19H18N4O3S2. The Labute approximate surface area is 170 Å². The maximum atomic E-state index is 12.2. The number of carbonyl (C=O) groups is 2. The third-order valence-electron chi connectivity index (χ3n) is 3.64. The van der Waals surface area contributed by atoms with Gasteiger partial charge in [0.25, 0.3) is 5.91 Å². The van der Waals surface area contributed by atoms with Crippen molar-refractivity contribution in [3.63, 3.8) is 0 Å². The number of ether oxygens (including phenoxy) is 1. The third-order valence-corrected chi connectivity index (χ3v) is 5.61. The SMILES string of the molecule is COc1ccc(C(=O)Nc2nnc(SCC(=O)NCc3ccccc3)s2)cc1. The predicted octanol–water partition coefficient (Wildman–Crippen LogP) is 3.21. The number of anilines is 1. The van der Waals surface area contributed by atoms with Crippen LogP contribution < -0.4 is 15.4 Å². The first-order valence-electron chi connectivity index (χ1n) is 8.36. The minimum Gasteiger partial charge on any atom is -0.497 e. The highest BCUT2D eigenvalue weighted by atomic mass is 32.2. The van der Waals surface area contributed by atoms with E-state index in [1.807, 2.05) is 30.3 Å². The summed E-state index contributed by atoms with van der Waals surface area (Å²) >= 11 is 2.50. The van der Waals surface area contributed by atoms with E-state index in [0.717, 1.165) is 5.56 Å². The minimum atomic E-state index is -0.282. The smallest absolute Gasteiger partial charge is 0.257 e. The van der Waals surface area contributed by atoms with Gasteiger partial charge in [0.05, 0.1) is 12.9 Å². The van der Waals surface area contributed by atoms with Gasteiger partial charge in [0.15, 0.2) is 4.34 Å². The molecule has 28 heavy (non-hydrogen) atoms. The molecule has 1 aromatic heterocycles. The van der Waals surface area contributed by atoms with Gasteiger partial charge >= 0.3 is 0 Å². The normalized spacial score (nSPS) is 10.3. The van der Waals surface area contributed by atoms with Gasteiger partial charge in [0.2, 0.25) is 11.0 Å². The quantitative estimate of drug-likeness (QED) is 0.434. The number of carbonyl (C=O) groups excluding carboxylic acids is 2. The molecule has 0 spiro atoms. The molecule has 9 heteroatoms. The second-order valence-electron chi connectivity index (χ2n) is 5.61. The number of hydrogen-bond donors (Lipinski definition) is 2. The number of methoxy groups -OCH3 is 1. The van der Waals surface area contributed by atoms with Crippen molar-refractivity contribution >= 4 is 40.0 Å². The average Bonchev–Trinajstić information content (AvgIpc) is 3.18. The van der Waals surface area contributed by atoms with Crippen molar-refractivity contribution in [2.24, 2.45) is 0 Å². The lowest BCUT2D eigenvalue weighted by atomic mass is 10.2. The molecule has 0 bridgehead atoms.